The first-order valence-corrected chi connectivity index (χ1v) is 10.1. The molecule has 2 aromatic carbocycles. The molecule has 0 unspecified atom stereocenters. The van der Waals surface area contributed by atoms with Gasteiger partial charge in [0.05, 0.1) is 11.1 Å². The Kier molecular flexibility index (Phi) is 9.65. The van der Waals surface area contributed by atoms with Gasteiger partial charge in [-0.2, -0.15) is 13.2 Å². The topological polar surface area (TPSA) is 52.6 Å². The zero-order valence-corrected chi connectivity index (χ0v) is 18.6. The minimum Gasteiger partial charge on any atom is -0.507 e. The van der Waals surface area contributed by atoms with Crippen molar-refractivity contribution in [1.29, 1.82) is 0 Å². The van der Waals surface area contributed by atoms with Gasteiger partial charge >= 0.3 is 6.18 Å². The molecule has 0 aromatic heterocycles. The van der Waals surface area contributed by atoms with Crippen molar-refractivity contribution >= 4 is 23.2 Å². The van der Waals surface area contributed by atoms with Crippen LogP contribution in [0, 0.1) is 0 Å². The number of carbonyl (C=O) groups is 1. The van der Waals surface area contributed by atoms with Crippen molar-refractivity contribution < 1.29 is 23.1 Å². The smallest absolute Gasteiger partial charge is 0.416 e. The fourth-order valence-corrected chi connectivity index (χ4v) is 2.98. The number of nitrogens with zero attached hydrogens (tertiary/aromatic N) is 1. The summed E-state index contributed by atoms with van der Waals surface area (Å²) in [5.74, 6) is -0.825. The number of hydrogen-bond acceptors (Lipinski definition) is 3. The summed E-state index contributed by atoms with van der Waals surface area (Å²) in [4.78, 5) is 14.6. The Morgan fingerprint density at radius 3 is 2.30 bits per heavy atom. The van der Waals surface area contributed by atoms with Gasteiger partial charge in [0.1, 0.15) is 5.75 Å². The largest absolute Gasteiger partial charge is 0.507 e. The number of phenolic OH excluding ortho intramolecular Hbond substituents is 1. The zero-order chi connectivity index (χ0) is 23.1. The van der Waals surface area contributed by atoms with Gasteiger partial charge < -0.3 is 15.3 Å². The zero-order valence-electron chi connectivity index (χ0n) is 17.8. The highest BCUT2D eigenvalue weighted by molar-refractivity contribution is 6.31. The standard InChI is InChI=1S/C20H22ClF3N2O2.C2H6/c1-4-12-9-14(20(22,23)24)5-6-17(12)25-19(28)16-11-15(21)10-13(18(16)27)7-8-26(2)3;1-2/h5-6,9-11,27H,4,7-8H2,1-3H3,(H,25,28);1-2H3. The molecule has 0 aliphatic heterocycles. The number of amides is 1. The van der Waals surface area contributed by atoms with Crippen LogP contribution < -0.4 is 5.32 Å². The average Bonchev–Trinajstić information content (AvgIpc) is 2.69. The van der Waals surface area contributed by atoms with Crippen molar-refractivity contribution in [3.63, 3.8) is 0 Å². The number of aromatic hydroxyl groups is 1. The first-order chi connectivity index (χ1) is 14.0. The molecule has 1 amide bonds. The van der Waals surface area contributed by atoms with E-state index in [1.165, 1.54) is 12.1 Å². The van der Waals surface area contributed by atoms with Crippen LogP contribution in [0.2, 0.25) is 5.02 Å². The molecule has 0 bridgehead atoms. The van der Waals surface area contributed by atoms with E-state index in [1.54, 1.807) is 13.0 Å². The fraction of sp³-hybridized carbons (Fsp3) is 0.409. The predicted molar refractivity (Wildman–Crippen MR) is 115 cm³/mol. The molecule has 0 fully saturated rings. The molecule has 4 nitrogen and oxygen atoms in total. The van der Waals surface area contributed by atoms with Gasteiger partial charge in [0, 0.05) is 17.3 Å². The Labute approximate surface area is 180 Å². The molecule has 8 heteroatoms. The van der Waals surface area contributed by atoms with Crippen LogP contribution in [0.5, 0.6) is 5.75 Å². The summed E-state index contributed by atoms with van der Waals surface area (Å²) in [6, 6.07) is 6.06. The number of nitrogens with one attached hydrogen (secondary N) is 1. The molecule has 2 N–H and O–H groups in total. The van der Waals surface area contributed by atoms with E-state index in [9.17, 15) is 23.1 Å². The van der Waals surface area contributed by atoms with Crippen LogP contribution in [0.15, 0.2) is 30.3 Å². The number of likely N-dealkylation sites (N-methyl/N-ethyl adjacent to an activating group) is 1. The van der Waals surface area contributed by atoms with Gasteiger partial charge in [-0.05, 0) is 68.4 Å². The molecule has 0 aliphatic carbocycles. The van der Waals surface area contributed by atoms with Crippen molar-refractivity contribution in [3.8, 4) is 5.75 Å². The molecule has 0 saturated carbocycles. The Bertz CT molecular complexity index is 868. The van der Waals surface area contributed by atoms with E-state index in [0.717, 1.165) is 12.1 Å². The number of aryl methyl sites for hydroxylation is 1. The number of rotatable bonds is 6. The van der Waals surface area contributed by atoms with Crippen molar-refractivity contribution in [2.45, 2.75) is 39.8 Å². The van der Waals surface area contributed by atoms with Crippen molar-refractivity contribution in [1.82, 2.24) is 4.90 Å². The maximum Gasteiger partial charge on any atom is 0.416 e. The summed E-state index contributed by atoms with van der Waals surface area (Å²) in [5.41, 5.74) is 0.323. The van der Waals surface area contributed by atoms with Crippen molar-refractivity contribution in [3.05, 3.63) is 57.6 Å². The van der Waals surface area contributed by atoms with Gasteiger partial charge in [-0.3, -0.25) is 4.79 Å². The van der Waals surface area contributed by atoms with Gasteiger partial charge in [-0.15, -0.1) is 0 Å². The molecule has 0 atom stereocenters. The summed E-state index contributed by atoms with van der Waals surface area (Å²) >= 11 is 6.08. The highest BCUT2D eigenvalue weighted by Crippen LogP contribution is 2.33. The van der Waals surface area contributed by atoms with E-state index in [1.807, 2.05) is 32.8 Å². The van der Waals surface area contributed by atoms with E-state index in [4.69, 9.17) is 11.6 Å². The quantitative estimate of drug-likeness (QED) is 0.573. The number of benzene rings is 2. The van der Waals surface area contributed by atoms with E-state index >= 15 is 0 Å². The summed E-state index contributed by atoms with van der Waals surface area (Å²) in [6.07, 6.45) is -3.67. The van der Waals surface area contributed by atoms with Crippen LogP contribution >= 0.6 is 11.6 Å². The Balaban J connectivity index is 0.00000218. The van der Waals surface area contributed by atoms with Crippen LogP contribution in [0.25, 0.3) is 0 Å². The minimum atomic E-state index is -4.46. The first kappa shape index (κ1) is 25.8. The second-order valence-electron chi connectivity index (χ2n) is 6.69. The molecule has 0 saturated heterocycles. The molecule has 0 spiro atoms. The third-order valence-corrected chi connectivity index (χ3v) is 4.51. The molecular weight excluding hydrogens is 417 g/mol. The van der Waals surface area contributed by atoms with Crippen LogP contribution in [0.1, 0.15) is 47.8 Å². The maximum atomic E-state index is 12.9. The van der Waals surface area contributed by atoms with E-state index in [0.29, 0.717) is 35.5 Å². The molecule has 2 rings (SSSR count). The SMILES string of the molecule is CC.CCc1cc(C(F)(F)F)ccc1NC(=O)c1cc(Cl)cc(CCN(C)C)c1O. The Morgan fingerprint density at radius 2 is 1.77 bits per heavy atom. The lowest BCUT2D eigenvalue weighted by molar-refractivity contribution is -0.137. The lowest BCUT2D eigenvalue weighted by Crippen LogP contribution is -2.17. The Morgan fingerprint density at radius 1 is 1.13 bits per heavy atom. The number of hydrogen-bond donors (Lipinski definition) is 2. The summed E-state index contributed by atoms with van der Waals surface area (Å²) in [6.45, 7) is 6.34. The minimum absolute atomic E-state index is 0.0248. The highest BCUT2D eigenvalue weighted by atomic mass is 35.5. The summed E-state index contributed by atoms with van der Waals surface area (Å²) < 4.78 is 38.7. The highest BCUT2D eigenvalue weighted by Gasteiger charge is 2.31. The maximum absolute atomic E-state index is 12.9. The second kappa shape index (κ2) is 11.2. The number of alkyl halides is 3. The first-order valence-electron chi connectivity index (χ1n) is 9.70. The summed E-state index contributed by atoms with van der Waals surface area (Å²) in [5, 5.41) is 13.3. The van der Waals surface area contributed by atoms with Crippen LogP contribution in [-0.2, 0) is 19.0 Å². The molecule has 30 heavy (non-hydrogen) atoms. The molecule has 0 aliphatic rings. The van der Waals surface area contributed by atoms with Gasteiger partial charge in [0.15, 0.2) is 0 Å². The molecule has 0 heterocycles. The van der Waals surface area contributed by atoms with E-state index in [-0.39, 0.29) is 17.0 Å². The van der Waals surface area contributed by atoms with Crippen LogP contribution in [-0.4, -0.2) is 36.6 Å². The van der Waals surface area contributed by atoms with Crippen molar-refractivity contribution in [2.75, 3.05) is 26.0 Å². The monoisotopic (exact) mass is 444 g/mol. The predicted octanol–water partition coefficient (Wildman–Crippen LogP) is 6.01. The van der Waals surface area contributed by atoms with Gasteiger partial charge in [0.25, 0.3) is 5.91 Å². The lowest BCUT2D eigenvalue weighted by atomic mass is 10.0. The number of carbonyl (C=O) groups excluding carboxylic acids is 1. The van der Waals surface area contributed by atoms with E-state index in [2.05, 4.69) is 5.32 Å². The number of halogens is 4. The normalized spacial score (nSPS) is 11.1. The fourth-order valence-electron chi connectivity index (χ4n) is 2.74. The molecular formula is C22H28ClF3N2O2. The van der Waals surface area contributed by atoms with Crippen molar-refractivity contribution in [2.24, 2.45) is 0 Å². The molecule has 0 radical (unpaired) electrons. The van der Waals surface area contributed by atoms with Crippen LogP contribution in [0.3, 0.4) is 0 Å². The van der Waals surface area contributed by atoms with E-state index < -0.39 is 17.6 Å². The third kappa shape index (κ3) is 6.92. The third-order valence-electron chi connectivity index (χ3n) is 4.29. The van der Waals surface area contributed by atoms with Crippen LogP contribution in [0.4, 0.5) is 18.9 Å². The van der Waals surface area contributed by atoms with Gasteiger partial charge in [-0.25, -0.2) is 0 Å². The summed E-state index contributed by atoms with van der Waals surface area (Å²) in [7, 11) is 3.76. The Hall–Kier alpha value is -2.25. The number of phenols is 1. The molecule has 166 valence electrons. The van der Waals surface area contributed by atoms with Gasteiger partial charge in [-0.1, -0.05) is 32.4 Å². The lowest BCUT2D eigenvalue weighted by Gasteiger charge is -2.16. The average molecular weight is 445 g/mol. The molecule has 2 aromatic rings. The number of anilines is 1. The van der Waals surface area contributed by atoms with Gasteiger partial charge in [0.2, 0.25) is 0 Å². The second-order valence-corrected chi connectivity index (χ2v) is 7.13.